The fraction of sp³-hybridized carbons (Fsp3) is 1.00. The molecule has 6 heteroatoms. The molecule has 0 aliphatic carbocycles. The second-order valence-corrected chi connectivity index (χ2v) is 7.13. The fourth-order valence-corrected chi connectivity index (χ4v) is 3.67. The monoisotopic (exact) mass is 224 g/mol. The van der Waals surface area contributed by atoms with Crippen LogP contribution >= 0.6 is 0 Å². The highest BCUT2D eigenvalue weighted by molar-refractivity contribution is 7.90. The van der Waals surface area contributed by atoms with Gasteiger partial charge in [-0.2, -0.15) is 0 Å². The van der Waals surface area contributed by atoms with E-state index >= 15 is 0 Å². The van der Waals surface area contributed by atoms with Crippen molar-refractivity contribution in [2.24, 2.45) is 0 Å². The third kappa shape index (κ3) is 3.03. The van der Waals surface area contributed by atoms with Crippen molar-refractivity contribution < 1.29 is 8.42 Å². The van der Waals surface area contributed by atoms with Crippen LogP contribution in [0.5, 0.6) is 0 Å². The van der Waals surface area contributed by atoms with Gasteiger partial charge in [0.15, 0.2) is 0 Å². The van der Waals surface area contributed by atoms with Crippen LogP contribution in [-0.4, -0.2) is 43.1 Å². The van der Waals surface area contributed by atoms with Gasteiger partial charge in [0.2, 0.25) is 0 Å². The summed E-state index contributed by atoms with van der Waals surface area (Å²) < 4.78 is 32.1. The maximum Gasteiger partial charge on any atom is 0.107 e. The van der Waals surface area contributed by atoms with Crippen molar-refractivity contribution in [3.05, 3.63) is 0 Å². The third-order valence-corrected chi connectivity index (χ3v) is 5.52. The lowest BCUT2D eigenvalue weighted by molar-refractivity contribution is 0.467. The van der Waals surface area contributed by atoms with Crippen molar-refractivity contribution in [2.75, 3.05) is 30.3 Å². The second-order valence-electron chi connectivity index (χ2n) is 3.06. The quantitative estimate of drug-likeness (QED) is 0.739. The first-order valence-corrected chi connectivity index (χ1v) is 7.60. The van der Waals surface area contributed by atoms with Crippen LogP contribution in [0.2, 0.25) is 0 Å². The van der Waals surface area contributed by atoms with Gasteiger partial charge in [0, 0.05) is 41.1 Å². The Morgan fingerprint density at radius 1 is 1.46 bits per heavy atom. The Bertz CT molecular complexity index is 287. The van der Waals surface area contributed by atoms with Crippen LogP contribution in [0.1, 0.15) is 13.3 Å². The molecule has 1 aliphatic rings. The molecule has 1 aliphatic heterocycles. The van der Waals surface area contributed by atoms with E-state index in [1.807, 2.05) is 0 Å². The third-order valence-electron chi connectivity index (χ3n) is 2.16. The summed E-state index contributed by atoms with van der Waals surface area (Å²) in [5, 5.41) is 0. The Hall–Kier alpha value is 0.0600. The van der Waals surface area contributed by atoms with Gasteiger partial charge in [0.25, 0.3) is 0 Å². The molecule has 0 bridgehead atoms. The summed E-state index contributed by atoms with van der Waals surface area (Å²) in [4.78, 5) is 0. The maximum absolute atomic E-state index is 11.7. The first-order valence-electron chi connectivity index (χ1n) is 4.43. The van der Waals surface area contributed by atoms with Gasteiger partial charge >= 0.3 is 0 Å². The van der Waals surface area contributed by atoms with E-state index in [-0.39, 0.29) is 0 Å². The van der Waals surface area contributed by atoms with E-state index in [4.69, 9.17) is 4.78 Å². The normalized spacial score (nSPS) is 30.7. The van der Waals surface area contributed by atoms with Crippen molar-refractivity contribution in [3.8, 4) is 0 Å². The van der Waals surface area contributed by atoms with E-state index in [0.29, 0.717) is 30.3 Å². The van der Waals surface area contributed by atoms with Gasteiger partial charge in [-0.3, -0.25) is 4.21 Å². The molecule has 0 aromatic carbocycles. The molecule has 1 fully saturated rings. The first kappa shape index (κ1) is 11.1. The SMILES string of the molecule is CCS(=N)(=O)N1CCCS(=O)CC1. The van der Waals surface area contributed by atoms with E-state index in [1.54, 1.807) is 11.2 Å². The number of hydrogen-bond acceptors (Lipinski definition) is 3. The van der Waals surface area contributed by atoms with Crippen molar-refractivity contribution in [1.82, 2.24) is 4.31 Å². The Balaban J connectivity index is 2.67. The molecule has 1 rings (SSSR count). The van der Waals surface area contributed by atoms with Crippen molar-refractivity contribution >= 4 is 20.7 Å². The van der Waals surface area contributed by atoms with Crippen LogP contribution in [0.3, 0.4) is 0 Å². The highest BCUT2D eigenvalue weighted by atomic mass is 32.2. The Morgan fingerprint density at radius 2 is 2.15 bits per heavy atom. The summed E-state index contributed by atoms with van der Waals surface area (Å²) in [6.07, 6.45) is 0.794. The van der Waals surface area contributed by atoms with Gasteiger partial charge in [-0.15, -0.1) is 0 Å². The first-order chi connectivity index (χ1) is 6.06. The highest BCUT2D eigenvalue weighted by Gasteiger charge is 2.19. The minimum absolute atomic E-state index is 0.361. The zero-order valence-corrected chi connectivity index (χ0v) is 9.46. The van der Waals surface area contributed by atoms with Gasteiger partial charge in [-0.05, 0) is 6.42 Å². The summed E-state index contributed by atoms with van der Waals surface area (Å²) in [5.74, 6) is 1.62. The lowest BCUT2D eigenvalue weighted by Crippen LogP contribution is -2.33. The van der Waals surface area contributed by atoms with Crippen molar-refractivity contribution in [3.63, 3.8) is 0 Å². The van der Waals surface area contributed by atoms with Gasteiger partial charge in [-0.25, -0.2) is 13.3 Å². The van der Waals surface area contributed by atoms with Crippen molar-refractivity contribution in [2.45, 2.75) is 13.3 Å². The molecule has 2 unspecified atom stereocenters. The van der Waals surface area contributed by atoms with E-state index in [9.17, 15) is 8.42 Å². The van der Waals surface area contributed by atoms with E-state index in [2.05, 4.69) is 0 Å². The van der Waals surface area contributed by atoms with E-state index < -0.39 is 20.7 Å². The number of hydrogen-bond donors (Lipinski definition) is 1. The Labute approximate surface area is 82.3 Å². The molecule has 0 spiro atoms. The molecule has 0 saturated carbocycles. The molecular weight excluding hydrogens is 208 g/mol. The predicted molar refractivity (Wildman–Crippen MR) is 55.5 cm³/mol. The molecule has 1 N–H and O–H groups in total. The van der Waals surface area contributed by atoms with Crippen LogP contribution in [-0.2, 0) is 20.7 Å². The molecule has 1 saturated heterocycles. The highest BCUT2D eigenvalue weighted by Crippen LogP contribution is 2.08. The zero-order chi connectivity index (χ0) is 9.90. The zero-order valence-electron chi connectivity index (χ0n) is 7.82. The molecule has 0 aromatic rings. The van der Waals surface area contributed by atoms with Crippen LogP contribution in [0.4, 0.5) is 0 Å². The second kappa shape index (κ2) is 4.52. The molecule has 2 atom stereocenters. The van der Waals surface area contributed by atoms with E-state index in [1.165, 1.54) is 0 Å². The molecule has 0 amide bonds. The van der Waals surface area contributed by atoms with Crippen LogP contribution in [0.25, 0.3) is 0 Å². The number of nitrogens with zero attached hydrogens (tertiary/aromatic N) is 1. The lowest BCUT2D eigenvalue weighted by atomic mass is 10.5. The van der Waals surface area contributed by atoms with Gasteiger partial charge in [0.05, 0.1) is 0 Å². The molecule has 13 heavy (non-hydrogen) atoms. The summed E-state index contributed by atoms with van der Waals surface area (Å²) in [5.41, 5.74) is 0. The van der Waals surface area contributed by atoms with Crippen molar-refractivity contribution in [1.29, 1.82) is 4.78 Å². The van der Waals surface area contributed by atoms with Crippen LogP contribution in [0, 0.1) is 4.78 Å². The fourth-order valence-electron chi connectivity index (χ4n) is 1.30. The average Bonchev–Trinajstić information content (AvgIpc) is 2.30. The number of rotatable bonds is 2. The average molecular weight is 224 g/mol. The van der Waals surface area contributed by atoms with E-state index in [0.717, 1.165) is 6.42 Å². The van der Waals surface area contributed by atoms with Crippen LogP contribution in [0.15, 0.2) is 0 Å². The summed E-state index contributed by atoms with van der Waals surface area (Å²) in [6.45, 7) is 2.96. The van der Waals surface area contributed by atoms with Gasteiger partial charge < -0.3 is 0 Å². The number of nitrogens with one attached hydrogen (secondary N) is 1. The standard InChI is InChI=1S/C7H16N2O2S2/c1-2-13(8,11)9-4-3-6-12(10)7-5-9/h8H,2-7H2,1H3. The molecule has 1 heterocycles. The molecule has 4 nitrogen and oxygen atoms in total. The maximum atomic E-state index is 11.7. The molecular formula is C7H16N2O2S2. The van der Waals surface area contributed by atoms with Gasteiger partial charge in [-0.1, -0.05) is 6.92 Å². The summed E-state index contributed by atoms with van der Waals surface area (Å²) >= 11 is 0. The predicted octanol–water partition coefficient (Wildman–Crippen LogP) is 0.422. The van der Waals surface area contributed by atoms with Gasteiger partial charge in [0.1, 0.15) is 9.92 Å². The molecule has 0 radical (unpaired) electrons. The summed E-state index contributed by atoms with van der Waals surface area (Å²) in [6, 6.07) is 0. The lowest BCUT2D eigenvalue weighted by Gasteiger charge is -2.20. The largest absolute Gasteiger partial charge is 0.260 e. The smallest absolute Gasteiger partial charge is 0.107 e. The Morgan fingerprint density at radius 3 is 2.77 bits per heavy atom. The summed E-state index contributed by atoms with van der Waals surface area (Å²) in [7, 11) is -3.33. The molecule has 78 valence electrons. The topological polar surface area (TPSA) is 61.2 Å². The molecule has 0 aromatic heterocycles. The minimum Gasteiger partial charge on any atom is -0.260 e. The minimum atomic E-state index is -2.57. The Kier molecular flexibility index (Phi) is 3.87. The van der Waals surface area contributed by atoms with Crippen LogP contribution < -0.4 is 0 Å².